The van der Waals surface area contributed by atoms with Crippen LogP contribution in [0.3, 0.4) is 0 Å². The number of thiophene rings is 1. The molecule has 30 heavy (non-hydrogen) atoms. The van der Waals surface area contributed by atoms with Crippen molar-refractivity contribution >= 4 is 27.4 Å². The first-order chi connectivity index (χ1) is 14.4. The summed E-state index contributed by atoms with van der Waals surface area (Å²) in [6.07, 6.45) is -0.303. The number of rotatable bonds is 6. The molecule has 0 amide bonds. The Morgan fingerprint density at radius 2 is 1.97 bits per heavy atom. The van der Waals surface area contributed by atoms with Gasteiger partial charge in [-0.05, 0) is 33.5 Å². The van der Waals surface area contributed by atoms with Gasteiger partial charge in [-0.1, -0.05) is 30.3 Å². The van der Waals surface area contributed by atoms with E-state index in [-0.39, 0.29) is 6.10 Å². The summed E-state index contributed by atoms with van der Waals surface area (Å²) in [6, 6.07) is 10.8. The molecule has 1 saturated heterocycles. The highest BCUT2D eigenvalue weighted by molar-refractivity contribution is 7.17. The van der Waals surface area contributed by atoms with E-state index in [0.717, 1.165) is 54.6 Å². The lowest BCUT2D eigenvalue weighted by Crippen LogP contribution is -2.53. The second kappa shape index (κ2) is 8.98. The lowest BCUT2D eigenvalue weighted by Gasteiger charge is -2.41. The summed E-state index contributed by atoms with van der Waals surface area (Å²) in [6.45, 7) is 8.29. The zero-order chi connectivity index (χ0) is 21.3. The Kier molecular flexibility index (Phi) is 6.34. The summed E-state index contributed by atoms with van der Waals surface area (Å²) in [5, 5.41) is 13.2. The molecule has 2 unspecified atom stereocenters. The molecule has 2 aromatic heterocycles. The van der Waals surface area contributed by atoms with Gasteiger partial charge in [0.1, 0.15) is 16.5 Å². The number of hydrogen-bond donors (Lipinski definition) is 1. The third kappa shape index (κ3) is 4.49. The largest absolute Gasteiger partial charge is 0.392 e. The van der Waals surface area contributed by atoms with Gasteiger partial charge in [-0.15, -0.1) is 11.3 Å². The van der Waals surface area contributed by atoms with E-state index in [1.165, 1.54) is 11.1 Å². The molecule has 0 radical (unpaired) electrons. The van der Waals surface area contributed by atoms with Crippen LogP contribution in [0.5, 0.6) is 0 Å². The molecule has 1 aromatic carbocycles. The van der Waals surface area contributed by atoms with Crippen LogP contribution in [0.4, 0.5) is 5.82 Å². The lowest BCUT2D eigenvalue weighted by atomic mass is 10.0. The highest BCUT2D eigenvalue weighted by Gasteiger charge is 2.28. The zero-order valence-electron chi connectivity index (χ0n) is 18.2. The smallest absolute Gasteiger partial charge is 0.146 e. The van der Waals surface area contributed by atoms with Crippen LogP contribution in [0.1, 0.15) is 19.7 Å². The maximum atomic E-state index is 9.79. The molecule has 1 fully saturated rings. The number of aliphatic hydroxyl groups is 1. The monoisotopic (exact) mass is 425 g/mol. The van der Waals surface area contributed by atoms with Crippen molar-refractivity contribution in [2.24, 2.45) is 0 Å². The van der Waals surface area contributed by atoms with E-state index >= 15 is 0 Å². The fraction of sp³-hybridized carbons (Fsp3) is 0.478. The summed E-state index contributed by atoms with van der Waals surface area (Å²) in [5.74, 6) is 1.91. The Morgan fingerprint density at radius 3 is 2.63 bits per heavy atom. The molecule has 4 rings (SSSR count). The van der Waals surface area contributed by atoms with Crippen molar-refractivity contribution in [2.45, 2.75) is 32.5 Å². The Morgan fingerprint density at radius 1 is 1.20 bits per heavy atom. The molecule has 0 aliphatic carbocycles. The first kappa shape index (κ1) is 21.2. The van der Waals surface area contributed by atoms with E-state index in [1.807, 2.05) is 13.0 Å². The zero-order valence-corrected chi connectivity index (χ0v) is 19.1. The van der Waals surface area contributed by atoms with Crippen LogP contribution in [0.2, 0.25) is 0 Å². The van der Waals surface area contributed by atoms with Crippen molar-refractivity contribution < 1.29 is 5.11 Å². The average Bonchev–Trinajstić information content (AvgIpc) is 3.11. The lowest BCUT2D eigenvalue weighted by molar-refractivity contribution is 0.114. The molecule has 1 aliphatic heterocycles. The number of aromatic nitrogens is 2. The van der Waals surface area contributed by atoms with Crippen molar-refractivity contribution in [3.05, 3.63) is 41.5 Å². The number of hydrogen-bond acceptors (Lipinski definition) is 7. The molecule has 160 valence electrons. The van der Waals surface area contributed by atoms with Crippen LogP contribution >= 0.6 is 11.3 Å². The molecule has 3 heterocycles. The second-order valence-corrected chi connectivity index (χ2v) is 9.41. The number of aliphatic hydroxyl groups excluding tert-OH is 1. The minimum absolute atomic E-state index is 0.303. The molecule has 7 heteroatoms. The van der Waals surface area contributed by atoms with Crippen LogP contribution in [0.15, 0.2) is 35.7 Å². The second-order valence-electron chi connectivity index (χ2n) is 8.55. The predicted molar refractivity (Wildman–Crippen MR) is 125 cm³/mol. The maximum Gasteiger partial charge on any atom is 0.146 e. The van der Waals surface area contributed by atoms with Gasteiger partial charge < -0.3 is 14.9 Å². The molecule has 0 spiro atoms. The van der Waals surface area contributed by atoms with Crippen LogP contribution in [-0.4, -0.2) is 77.3 Å². The van der Waals surface area contributed by atoms with E-state index < -0.39 is 0 Å². The first-order valence-corrected chi connectivity index (χ1v) is 11.5. The SMILES string of the molecule is CC(O)CN1CCN(c2nc(CN(C)C)nc3scc(-c4ccccc4)c23)C(C)C1. The molecule has 1 aliphatic rings. The predicted octanol–water partition coefficient (Wildman–Crippen LogP) is 3.31. The fourth-order valence-corrected chi connectivity index (χ4v) is 5.21. The third-order valence-corrected chi connectivity index (χ3v) is 6.38. The van der Waals surface area contributed by atoms with E-state index in [9.17, 15) is 5.11 Å². The molecular weight excluding hydrogens is 394 g/mol. The molecule has 3 aromatic rings. The average molecular weight is 426 g/mol. The van der Waals surface area contributed by atoms with Crippen molar-refractivity contribution in [3.63, 3.8) is 0 Å². The maximum absolute atomic E-state index is 9.79. The third-order valence-electron chi connectivity index (χ3n) is 5.51. The van der Waals surface area contributed by atoms with Crippen molar-refractivity contribution in [2.75, 3.05) is 45.2 Å². The van der Waals surface area contributed by atoms with Gasteiger partial charge in [-0.3, -0.25) is 4.90 Å². The van der Waals surface area contributed by atoms with Crippen LogP contribution < -0.4 is 4.90 Å². The number of benzene rings is 1. The number of β-amino-alcohol motifs (C(OH)–C–C–N with tert-alkyl or cyclic N) is 1. The quantitative estimate of drug-likeness (QED) is 0.654. The van der Waals surface area contributed by atoms with Crippen molar-refractivity contribution in [1.82, 2.24) is 19.8 Å². The number of anilines is 1. The Labute approximate surface area is 182 Å². The molecular formula is C23H31N5OS. The number of fused-ring (bicyclic) bond motifs is 1. The number of nitrogens with zero attached hydrogens (tertiary/aromatic N) is 5. The molecule has 0 saturated carbocycles. The molecule has 0 bridgehead atoms. The number of piperazine rings is 1. The van der Waals surface area contributed by atoms with Crippen LogP contribution in [0.25, 0.3) is 21.3 Å². The van der Waals surface area contributed by atoms with Gasteiger partial charge in [-0.2, -0.15) is 0 Å². The Balaban J connectivity index is 1.77. The van der Waals surface area contributed by atoms with Gasteiger partial charge in [0.05, 0.1) is 18.0 Å². The molecule has 2 atom stereocenters. The van der Waals surface area contributed by atoms with Gasteiger partial charge in [0.25, 0.3) is 0 Å². The van der Waals surface area contributed by atoms with E-state index in [4.69, 9.17) is 9.97 Å². The van der Waals surface area contributed by atoms with Gasteiger partial charge in [0, 0.05) is 43.2 Å². The van der Waals surface area contributed by atoms with Gasteiger partial charge in [0.15, 0.2) is 0 Å². The van der Waals surface area contributed by atoms with Crippen molar-refractivity contribution in [1.29, 1.82) is 0 Å². The molecule has 1 N–H and O–H groups in total. The summed E-state index contributed by atoms with van der Waals surface area (Å²) in [5.41, 5.74) is 2.41. The highest BCUT2D eigenvalue weighted by atomic mass is 32.1. The van der Waals surface area contributed by atoms with Gasteiger partial charge in [-0.25, -0.2) is 9.97 Å². The van der Waals surface area contributed by atoms with E-state index in [0.29, 0.717) is 6.04 Å². The standard InChI is InChI=1S/C23H31N5OS/c1-16-12-27(13-17(2)29)10-11-28(16)22-21-19(18-8-6-5-7-9-18)15-30-23(21)25-20(24-22)14-26(3)4/h5-9,15-17,29H,10-14H2,1-4H3. The van der Waals surface area contributed by atoms with Crippen molar-refractivity contribution in [3.8, 4) is 11.1 Å². The fourth-order valence-electron chi connectivity index (χ4n) is 4.25. The minimum Gasteiger partial charge on any atom is -0.392 e. The summed E-state index contributed by atoms with van der Waals surface area (Å²) < 4.78 is 0. The van der Waals surface area contributed by atoms with E-state index in [2.05, 4.69) is 65.4 Å². The Bertz CT molecular complexity index is 988. The van der Waals surface area contributed by atoms with Gasteiger partial charge >= 0.3 is 0 Å². The topological polar surface area (TPSA) is 55.7 Å². The summed E-state index contributed by atoms with van der Waals surface area (Å²) in [7, 11) is 4.10. The van der Waals surface area contributed by atoms with Crippen LogP contribution in [-0.2, 0) is 6.54 Å². The van der Waals surface area contributed by atoms with E-state index in [1.54, 1.807) is 11.3 Å². The highest BCUT2D eigenvalue weighted by Crippen LogP contribution is 2.39. The molecule has 6 nitrogen and oxygen atoms in total. The minimum atomic E-state index is -0.303. The normalized spacial score (nSPS) is 19.0. The summed E-state index contributed by atoms with van der Waals surface area (Å²) >= 11 is 1.70. The Hall–Kier alpha value is -2.06. The van der Waals surface area contributed by atoms with Crippen LogP contribution in [0, 0.1) is 0 Å². The van der Waals surface area contributed by atoms with Gasteiger partial charge in [0.2, 0.25) is 0 Å². The first-order valence-electron chi connectivity index (χ1n) is 10.6. The summed E-state index contributed by atoms with van der Waals surface area (Å²) in [4.78, 5) is 17.9.